The molecule has 1 heterocycles. The highest BCUT2D eigenvalue weighted by Crippen LogP contribution is 2.29. The molecule has 0 aliphatic heterocycles. The molecule has 3 heteroatoms. The molecule has 13 heavy (non-hydrogen) atoms. The molecule has 0 radical (unpaired) electrons. The fraction of sp³-hybridized carbons (Fsp3) is 0.100. The lowest BCUT2D eigenvalue weighted by Gasteiger charge is -2.02. The van der Waals surface area contributed by atoms with Gasteiger partial charge in [0.2, 0.25) is 0 Å². The zero-order valence-electron chi connectivity index (χ0n) is 7.00. The van der Waals surface area contributed by atoms with Crippen molar-refractivity contribution in [3.63, 3.8) is 0 Å². The highest BCUT2D eigenvalue weighted by Gasteiger charge is 2.07. The number of thiophene rings is 1. The van der Waals surface area contributed by atoms with Crippen molar-refractivity contribution in [1.29, 1.82) is 0 Å². The van der Waals surface area contributed by atoms with E-state index in [0.717, 1.165) is 15.4 Å². The van der Waals surface area contributed by atoms with Crippen LogP contribution in [0.4, 0.5) is 0 Å². The summed E-state index contributed by atoms with van der Waals surface area (Å²) in [7, 11) is 0. The van der Waals surface area contributed by atoms with E-state index in [1.165, 1.54) is 15.6 Å². The molecule has 0 spiro atoms. The van der Waals surface area contributed by atoms with Gasteiger partial charge in [-0.3, -0.25) is 4.79 Å². The van der Waals surface area contributed by atoms with Crippen LogP contribution in [0.25, 0.3) is 10.1 Å². The minimum Gasteiger partial charge on any atom is -0.298 e. The standard InChI is InChI=1S/C10H7IOS/c1-6-9(11)8(5-12)4-7-2-3-13-10(6)7/h2-5H,1H3. The van der Waals surface area contributed by atoms with Gasteiger partial charge in [-0.2, -0.15) is 0 Å². The lowest BCUT2D eigenvalue weighted by atomic mass is 10.1. The first-order valence-corrected chi connectivity index (χ1v) is 5.81. The van der Waals surface area contributed by atoms with E-state index >= 15 is 0 Å². The van der Waals surface area contributed by atoms with Gasteiger partial charge < -0.3 is 0 Å². The van der Waals surface area contributed by atoms with Crippen LogP contribution in [-0.2, 0) is 0 Å². The Morgan fingerprint density at radius 3 is 3.00 bits per heavy atom. The number of carbonyl (C=O) groups excluding carboxylic acids is 1. The molecular weight excluding hydrogens is 295 g/mol. The van der Waals surface area contributed by atoms with Crippen LogP contribution in [0, 0.1) is 10.5 Å². The van der Waals surface area contributed by atoms with Gasteiger partial charge in [0.05, 0.1) is 0 Å². The molecule has 0 fully saturated rings. The Bertz CT molecular complexity index is 473. The molecule has 1 aromatic carbocycles. The quantitative estimate of drug-likeness (QED) is 0.581. The molecule has 2 aromatic rings. The van der Waals surface area contributed by atoms with E-state index in [2.05, 4.69) is 41.0 Å². The molecule has 0 amide bonds. The third kappa shape index (κ3) is 1.40. The van der Waals surface area contributed by atoms with Gasteiger partial charge in [0.1, 0.15) is 0 Å². The Labute approximate surface area is 93.9 Å². The highest BCUT2D eigenvalue weighted by molar-refractivity contribution is 14.1. The molecule has 0 saturated carbocycles. The summed E-state index contributed by atoms with van der Waals surface area (Å²) < 4.78 is 2.36. The number of benzene rings is 1. The third-order valence-electron chi connectivity index (χ3n) is 2.06. The second-order valence-corrected chi connectivity index (χ2v) is 4.86. The third-order valence-corrected chi connectivity index (χ3v) is 4.54. The molecule has 66 valence electrons. The van der Waals surface area contributed by atoms with Crippen molar-refractivity contribution in [2.75, 3.05) is 0 Å². The maximum atomic E-state index is 10.7. The molecule has 2 rings (SSSR count). The van der Waals surface area contributed by atoms with Crippen molar-refractivity contribution in [3.05, 3.63) is 32.2 Å². The van der Waals surface area contributed by atoms with Gasteiger partial charge >= 0.3 is 0 Å². The number of aldehydes is 1. The van der Waals surface area contributed by atoms with Crippen LogP contribution >= 0.6 is 33.9 Å². The fourth-order valence-electron chi connectivity index (χ4n) is 1.37. The molecule has 0 atom stereocenters. The average molecular weight is 302 g/mol. The molecule has 0 N–H and O–H groups in total. The fourth-order valence-corrected chi connectivity index (χ4v) is 3.00. The van der Waals surface area contributed by atoms with Crippen molar-refractivity contribution in [1.82, 2.24) is 0 Å². The van der Waals surface area contributed by atoms with Crippen molar-refractivity contribution in [2.45, 2.75) is 6.92 Å². The molecule has 0 unspecified atom stereocenters. The Morgan fingerprint density at radius 2 is 2.31 bits per heavy atom. The number of carbonyl (C=O) groups is 1. The Balaban J connectivity index is 2.91. The van der Waals surface area contributed by atoms with Gasteiger partial charge in [-0.05, 0) is 58.0 Å². The second kappa shape index (κ2) is 3.38. The van der Waals surface area contributed by atoms with Gasteiger partial charge in [0.15, 0.2) is 6.29 Å². The lowest BCUT2D eigenvalue weighted by molar-refractivity contribution is 0.112. The second-order valence-electron chi connectivity index (χ2n) is 2.86. The van der Waals surface area contributed by atoms with E-state index in [9.17, 15) is 4.79 Å². The molecule has 0 bridgehead atoms. The maximum Gasteiger partial charge on any atom is 0.151 e. The van der Waals surface area contributed by atoms with Crippen LogP contribution in [-0.4, -0.2) is 6.29 Å². The van der Waals surface area contributed by atoms with Gasteiger partial charge in [0, 0.05) is 13.8 Å². The van der Waals surface area contributed by atoms with Crippen LogP contribution in [0.5, 0.6) is 0 Å². The van der Waals surface area contributed by atoms with Crippen molar-refractivity contribution in [2.24, 2.45) is 0 Å². The summed E-state index contributed by atoms with van der Waals surface area (Å²) in [5, 5.41) is 3.23. The van der Waals surface area contributed by atoms with Crippen molar-refractivity contribution in [3.8, 4) is 0 Å². The molecule has 1 aromatic heterocycles. The smallest absolute Gasteiger partial charge is 0.151 e. The highest BCUT2D eigenvalue weighted by atomic mass is 127. The molecule has 0 aliphatic rings. The Kier molecular flexibility index (Phi) is 2.38. The number of aryl methyl sites for hydroxylation is 1. The summed E-state index contributed by atoms with van der Waals surface area (Å²) in [4.78, 5) is 10.7. The first-order chi connectivity index (χ1) is 6.24. The van der Waals surface area contributed by atoms with Crippen LogP contribution in [0.2, 0.25) is 0 Å². The van der Waals surface area contributed by atoms with E-state index in [0.29, 0.717) is 0 Å². The van der Waals surface area contributed by atoms with Crippen molar-refractivity contribution < 1.29 is 4.79 Å². The van der Waals surface area contributed by atoms with E-state index in [4.69, 9.17) is 0 Å². The van der Waals surface area contributed by atoms with Crippen molar-refractivity contribution >= 4 is 50.3 Å². The number of hydrogen-bond acceptors (Lipinski definition) is 2. The topological polar surface area (TPSA) is 17.1 Å². The molecule has 1 nitrogen and oxygen atoms in total. The van der Waals surface area contributed by atoms with Crippen LogP contribution in [0.15, 0.2) is 17.5 Å². The summed E-state index contributed by atoms with van der Waals surface area (Å²) >= 11 is 3.95. The lowest BCUT2D eigenvalue weighted by Crippen LogP contribution is -1.89. The van der Waals surface area contributed by atoms with Crippen LogP contribution in [0.3, 0.4) is 0 Å². The summed E-state index contributed by atoms with van der Waals surface area (Å²) in [6.07, 6.45) is 0.922. The van der Waals surface area contributed by atoms with Gasteiger partial charge in [0.25, 0.3) is 0 Å². The zero-order valence-corrected chi connectivity index (χ0v) is 9.98. The SMILES string of the molecule is Cc1c(I)c(C=O)cc2ccsc12. The normalized spacial score (nSPS) is 10.6. The molecular formula is C10H7IOS. The summed E-state index contributed by atoms with van der Waals surface area (Å²) in [5.74, 6) is 0. The Hall–Kier alpha value is -0.420. The maximum absolute atomic E-state index is 10.7. The van der Waals surface area contributed by atoms with E-state index < -0.39 is 0 Å². The predicted octanol–water partition coefficient (Wildman–Crippen LogP) is 3.63. The molecule has 0 saturated heterocycles. The summed E-state index contributed by atoms with van der Waals surface area (Å²) in [6, 6.07) is 4.00. The minimum atomic E-state index is 0.795. The van der Waals surface area contributed by atoms with E-state index in [-0.39, 0.29) is 0 Å². The first kappa shape index (κ1) is 9.15. The monoisotopic (exact) mass is 302 g/mol. The number of fused-ring (bicyclic) bond motifs is 1. The number of hydrogen-bond donors (Lipinski definition) is 0. The number of halogens is 1. The number of rotatable bonds is 1. The van der Waals surface area contributed by atoms with Gasteiger partial charge in [-0.1, -0.05) is 0 Å². The van der Waals surface area contributed by atoms with Gasteiger partial charge in [-0.25, -0.2) is 0 Å². The average Bonchev–Trinajstić information content (AvgIpc) is 2.59. The van der Waals surface area contributed by atoms with E-state index in [1.807, 2.05) is 6.07 Å². The van der Waals surface area contributed by atoms with Crippen LogP contribution in [0.1, 0.15) is 15.9 Å². The zero-order chi connectivity index (χ0) is 9.42. The summed E-state index contributed by atoms with van der Waals surface area (Å²) in [6.45, 7) is 2.06. The first-order valence-electron chi connectivity index (χ1n) is 3.85. The minimum absolute atomic E-state index is 0.795. The summed E-state index contributed by atoms with van der Waals surface area (Å²) in [5.41, 5.74) is 2.01. The van der Waals surface area contributed by atoms with Gasteiger partial charge in [-0.15, -0.1) is 11.3 Å². The predicted molar refractivity (Wildman–Crippen MR) is 64.7 cm³/mol. The molecule has 0 aliphatic carbocycles. The Morgan fingerprint density at radius 1 is 1.54 bits per heavy atom. The largest absolute Gasteiger partial charge is 0.298 e. The van der Waals surface area contributed by atoms with Crippen LogP contribution < -0.4 is 0 Å². The van der Waals surface area contributed by atoms with E-state index in [1.54, 1.807) is 11.3 Å².